The summed E-state index contributed by atoms with van der Waals surface area (Å²) < 4.78 is 6.51. The molecule has 25 heavy (non-hydrogen) atoms. The lowest BCUT2D eigenvalue weighted by Crippen LogP contribution is -2.27. The van der Waals surface area contributed by atoms with E-state index in [0.717, 1.165) is 4.57 Å². The zero-order valence-corrected chi connectivity index (χ0v) is 15.2. The maximum atomic E-state index is 12.7. The number of carbonyl (C=O) groups excluding carboxylic acids is 1. The molecule has 0 aliphatic rings. The second-order valence-corrected chi connectivity index (χ2v) is 6.79. The summed E-state index contributed by atoms with van der Waals surface area (Å²) in [6, 6.07) is 5.23. The molecule has 1 N–H and O–H groups in total. The fourth-order valence-electron chi connectivity index (χ4n) is 2.50. The normalized spacial score (nSPS) is 10.8. The van der Waals surface area contributed by atoms with Crippen molar-refractivity contribution in [2.24, 2.45) is 0 Å². The number of hydrogen-bond donors (Lipinski definition) is 1. The maximum Gasteiger partial charge on any atom is 0.271 e. The SMILES string of the molecule is Cc1c(C(=O)c2cccs2)c(O)n(CCCOC(C)C)c(=O)c1C#N. The molecule has 2 heterocycles. The molecule has 132 valence electrons. The predicted octanol–water partition coefficient (Wildman–Crippen LogP) is 2.84. The van der Waals surface area contributed by atoms with Gasteiger partial charge in [0.25, 0.3) is 5.56 Å². The van der Waals surface area contributed by atoms with Crippen molar-refractivity contribution in [3.05, 3.63) is 49.4 Å². The lowest BCUT2D eigenvalue weighted by molar-refractivity contribution is 0.0743. The van der Waals surface area contributed by atoms with Crippen LogP contribution in [-0.2, 0) is 11.3 Å². The molecule has 6 nitrogen and oxygen atoms in total. The Balaban J connectivity index is 2.46. The second-order valence-electron chi connectivity index (χ2n) is 5.85. The molecule has 0 saturated carbocycles. The van der Waals surface area contributed by atoms with E-state index < -0.39 is 17.2 Å². The van der Waals surface area contributed by atoms with Gasteiger partial charge in [-0.25, -0.2) is 0 Å². The number of carbonyl (C=O) groups is 1. The molecule has 0 fully saturated rings. The molecular formula is C18H20N2O4S. The predicted molar refractivity (Wildman–Crippen MR) is 95.3 cm³/mol. The van der Waals surface area contributed by atoms with E-state index in [-0.39, 0.29) is 29.3 Å². The van der Waals surface area contributed by atoms with Crippen LogP contribution in [0.4, 0.5) is 0 Å². The Morgan fingerprint density at radius 3 is 2.76 bits per heavy atom. The number of thiophene rings is 1. The van der Waals surface area contributed by atoms with Crippen molar-refractivity contribution in [1.82, 2.24) is 4.57 Å². The van der Waals surface area contributed by atoms with E-state index in [2.05, 4.69) is 0 Å². The van der Waals surface area contributed by atoms with E-state index >= 15 is 0 Å². The van der Waals surface area contributed by atoms with Gasteiger partial charge in [0.2, 0.25) is 11.7 Å². The maximum absolute atomic E-state index is 12.7. The molecule has 0 radical (unpaired) electrons. The Hall–Kier alpha value is -2.43. The van der Waals surface area contributed by atoms with Crippen molar-refractivity contribution in [3.63, 3.8) is 0 Å². The third kappa shape index (κ3) is 3.98. The van der Waals surface area contributed by atoms with Crippen LogP contribution in [0.25, 0.3) is 0 Å². The van der Waals surface area contributed by atoms with E-state index in [0.29, 0.717) is 17.9 Å². The molecule has 0 aromatic carbocycles. The van der Waals surface area contributed by atoms with Gasteiger partial charge >= 0.3 is 0 Å². The number of rotatable bonds is 7. The van der Waals surface area contributed by atoms with E-state index in [1.807, 2.05) is 19.9 Å². The molecular weight excluding hydrogens is 340 g/mol. The largest absolute Gasteiger partial charge is 0.494 e. The first-order chi connectivity index (χ1) is 11.9. The van der Waals surface area contributed by atoms with Gasteiger partial charge in [0.1, 0.15) is 11.6 Å². The minimum atomic E-state index is -0.593. The molecule has 0 atom stereocenters. The van der Waals surface area contributed by atoms with Crippen LogP contribution >= 0.6 is 11.3 Å². The number of hydrogen-bond acceptors (Lipinski definition) is 6. The van der Waals surface area contributed by atoms with Crippen LogP contribution in [0.15, 0.2) is 22.3 Å². The number of aromatic nitrogens is 1. The Bertz CT molecular complexity index is 861. The molecule has 0 aliphatic carbocycles. The van der Waals surface area contributed by atoms with Crippen molar-refractivity contribution in [1.29, 1.82) is 5.26 Å². The number of pyridine rings is 1. The first kappa shape index (κ1) is 18.9. The van der Waals surface area contributed by atoms with Crippen LogP contribution in [0.1, 0.15) is 46.6 Å². The summed E-state index contributed by atoms with van der Waals surface area (Å²) >= 11 is 1.24. The number of aromatic hydroxyl groups is 1. The molecule has 0 amide bonds. The molecule has 7 heteroatoms. The van der Waals surface area contributed by atoms with E-state index in [9.17, 15) is 20.0 Å². The number of nitriles is 1. The van der Waals surface area contributed by atoms with Gasteiger partial charge < -0.3 is 9.84 Å². The first-order valence-corrected chi connectivity index (χ1v) is 8.82. The quantitative estimate of drug-likeness (QED) is 0.605. The van der Waals surface area contributed by atoms with Gasteiger partial charge in [0.05, 0.1) is 16.5 Å². The van der Waals surface area contributed by atoms with Crippen LogP contribution in [-0.4, -0.2) is 28.2 Å². The molecule has 0 spiro atoms. The molecule has 0 unspecified atom stereocenters. The molecule has 2 rings (SSSR count). The fourth-order valence-corrected chi connectivity index (χ4v) is 3.17. The van der Waals surface area contributed by atoms with Gasteiger partial charge in [-0.3, -0.25) is 14.2 Å². The van der Waals surface area contributed by atoms with Crippen LogP contribution in [0, 0.1) is 18.3 Å². The fraction of sp³-hybridized carbons (Fsp3) is 0.389. The summed E-state index contributed by atoms with van der Waals surface area (Å²) in [6.45, 7) is 5.89. The third-order valence-corrected chi connectivity index (χ3v) is 4.62. The van der Waals surface area contributed by atoms with Gasteiger partial charge in [-0.1, -0.05) is 6.07 Å². The van der Waals surface area contributed by atoms with Crippen molar-refractivity contribution in [2.75, 3.05) is 6.61 Å². The van der Waals surface area contributed by atoms with Crippen molar-refractivity contribution < 1.29 is 14.6 Å². The molecule has 0 saturated heterocycles. The van der Waals surface area contributed by atoms with Gasteiger partial charge in [0, 0.05) is 13.2 Å². The number of nitrogens with zero attached hydrogens (tertiary/aromatic N) is 2. The number of ketones is 1. The van der Waals surface area contributed by atoms with Crippen LogP contribution in [0.3, 0.4) is 0 Å². The first-order valence-electron chi connectivity index (χ1n) is 7.94. The standard InChI is InChI=1S/C18H20N2O4S/c1-11(2)24-8-5-7-20-17(22)13(10-19)12(3)15(18(20)23)16(21)14-6-4-9-25-14/h4,6,9,11,23H,5,7-8H2,1-3H3. The Morgan fingerprint density at radius 2 is 2.20 bits per heavy atom. The van der Waals surface area contributed by atoms with E-state index in [4.69, 9.17) is 4.74 Å². The van der Waals surface area contributed by atoms with E-state index in [1.54, 1.807) is 17.5 Å². The molecule has 0 bridgehead atoms. The zero-order chi connectivity index (χ0) is 18.6. The van der Waals surface area contributed by atoms with E-state index in [1.165, 1.54) is 18.3 Å². The highest BCUT2D eigenvalue weighted by Gasteiger charge is 2.25. The van der Waals surface area contributed by atoms with Gasteiger partial charge in [-0.2, -0.15) is 5.26 Å². The summed E-state index contributed by atoms with van der Waals surface area (Å²) in [5, 5.41) is 21.6. The van der Waals surface area contributed by atoms with Gasteiger partial charge in [-0.05, 0) is 44.2 Å². The smallest absolute Gasteiger partial charge is 0.271 e. The van der Waals surface area contributed by atoms with Gasteiger partial charge in [-0.15, -0.1) is 11.3 Å². The second kappa shape index (κ2) is 8.10. The molecule has 0 aliphatic heterocycles. The van der Waals surface area contributed by atoms with Crippen molar-refractivity contribution >= 4 is 17.1 Å². The van der Waals surface area contributed by atoms with Gasteiger partial charge in [0.15, 0.2) is 0 Å². The summed E-state index contributed by atoms with van der Waals surface area (Å²) in [7, 11) is 0. The highest BCUT2D eigenvalue weighted by Crippen LogP contribution is 2.26. The number of ether oxygens (including phenoxy) is 1. The average molecular weight is 360 g/mol. The Morgan fingerprint density at radius 1 is 1.48 bits per heavy atom. The summed E-state index contributed by atoms with van der Waals surface area (Å²) in [5.41, 5.74) is -0.506. The van der Waals surface area contributed by atoms with Crippen LogP contribution in [0.2, 0.25) is 0 Å². The molecule has 2 aromatic heterocycles. The Labute approximate surface area is 149 Å². The van der Waals surface area contributed by atoms with Crippen LogP contribution < -0.4 is 5.56 Å². The highest BCUT2D eigenvalue weighted by atomic mass is 32.1. The average Bonchev–Trinajstić information content (AvgIpc) is 3.08. The van der Waals surface area contributed by atoms with Crippen molar-refractivity contribution in [3.8, 4) is 11.9 Å². The minimum Gasteiger partial charge on any atom is -0.494 e. The zero-order valence-electron chi connectivity index (χ0n) is 14.4. The topological polar surface area (TPSA) is 92.3 Å². The summed E-state index contributed by atoms with van der Waals surface area (Å²) in [5.74, 6) is -0.793. The molecule has 2 aromatic rings. The monoisotopic (exact) mass is 360 g/mol. The van der Waals surface area contributed by atoms with Crippen molar-refractivity contribution in [2.45, 2.75) is 39.8 Å². The van der Waals surface area contributed by atoms with Crippen LogP contribution in [0.5, 0.6) is 5.88 Å². The lowest BCUT2D eigenvalue weighted by Gasteiger charge is -2.15. The lowest BCUT2D eigenvalue weighted by atomic mass is 10.0. The minimum absolute atomic E-state index is 0.00313. The summed E-state index contributed by atoms with van der Waals surface area (Å²) in [6.07, 6.45) is 0.542. The third-order valence-electron chi connectivity index (χ3n) is 3.75. The summed E-state index contributed by atoms with van der Waals surface area (Å²) in [4.78, 5) is 25.6. The highest BCUT2D eigenvalue weighted by molar-refractivity contribution is 7.12. The Kier molecular flexibility index (Phi) is 6.12.